The van der Waals surface area contributed by atoms with Gasteiger partial charge in [-0.2, -0.15) is 4.31 Å². The summed E-state index contributed by atoms with van der Waals surface area (Å²) in [6, 6.07) is 7.24. The number of carbonyl (C=O) groups excluding carboxylic acids is 1. The Labute approximate surface area is 162 Å². The summed E-state index contributed by atoms with van der Waals surface area (Å²) >= 11 is 0. The fourth-order valence-electron chi connectivity index (χ4n) is 4.75. The molecule has 0 N–H and O–H groups in total. The minimum atomic E-state index is -3.39. The number of hydrogen-bond donors (Lipinski definition) is 0. The van der Waals surface area contributed by atoms with Gasteiger partial charge in [-0.05, 0) is 68.9 Å². The number of nitrogens with zero attached hydrogens (tertiary/aromatic N) is 2. The molecule has 4 rings (SSSR count). The molecule has 1 saturated carbocycles. The summed E-state index contributed by atoms with van der Waals surface area (Å²) in [6.45, 7) is 4.87. The van der Waals surface area contributed by atoms with E-state index >= 15 is 0 Å². The Morgan fingerprint density at radius 3 is 2.00 bits per heavy atom. The lowest BCUT2D eigenvalue weighted by Crippen LogP contribution is -2.44. The quantitative estimate of drug-likeness (QED) is 0.794. The van der Waals surface area contributed by atoms with Crippen molar-refractivity contribution in [2.24, 2.45) is 17.8 Å². The summed E-state index contributed by atoms with van der Waals surface area (Å²) in [5.41, 5.74) is 0.812. The standard InChI is InChI=1S/C21H30N2O3S/c1-16-4-2-3-5-20(16)27(25,26)23-14-10-18(11-15-23)17-8-12-22(13-9-17)21(24)19-6-7-19/h2-5,17-19H,6-15H2,1H3. The molecule has 148 valence electrons. The van der Waals surface area contributed by atoms with Crippen molar-refractivity contribution in [2.45, 2.75) is 50.3 Å². The number of carbonyl (C=O) groups is 1. The zero-order valence-corrected chi connectivity index (χ0v) is 17.0. The highest BCUT2D eigenvalue weighted by Crippen LogP contribution is 2.36. The molecule has 0 atom stereocenters. The molecule has 0 bridgehead atoms. The number of hydrogen-bond acceptors (Lipinski definition) is 3. The van der Waals surface area contributed by atoms with Crippen LogP contribution in [-0.4, -0.2) is 49.7 Å². The van der Waals surface area contributed by atoms with Crippen LogP contribution in [0.5, 0.6) is 0 Å². The van der Waals surface area contributed by atoms with Crippen molar-refractivity contribution in [3.05, 3.63) is 29.8 Å². The molecule has 0 spiro atoms. The summed E-state index contributed by atoms with van der Waals surface area (Å²) in [6.07, 6.45) is 6.18. The molecule has 1 amide bonds. The van der Waals surface area contributed by atoms with Crippen molar-refractivity contribution >= 4 is 15.9 Å². The molecule has 5 nitrogen and oxygen atoms in total. The van der Waals surface area contributed by atoms with Crippen molar-refractivity contribution in [1.82, 2.24) is 9.21 Å². The molecule has 3 aliphatic rings. The number of sulfonamides is 1. The molecule has 1 aromatic rings. The van der Waals surface area contributed by atoms with E-state index in [0.29, 0.717) is 41.6 Å². The first kappa shape index (κ1) is 18.9. The lowest BCUT2D eigenvalue weighted by molar-refractivity contribution is -0.134. The monoisotopic (exact) mass is 390 g/mol. The van der Waals surface area contributed by atoms with Gasteiger partial charge in [-0.15, -0.1) is 0 Å². The van der Waals surface area contributed by atoms with Crippen LogP contribution in [0.15, 0.2) is 29.2 Å². The van der Waals surface area contributed by atoms with E-state index < -0.39 is 10.0 Å². The van der Waals surface area contributed by atoms with Gasteiger partial charge in [0.15, 0.2) is 0 Å². The highest BCUT2D eigenvalue weighted by Gasteiger charge is 2.38. The van der Waals surface area contributed by atoms with E-state index in [-0.39, 0.29) is 0 Å². The molecule has 3 fully saturated rings. The summed E-state index contributed by atoms with van der Waals surface area (Å²) < 4.78 is 27.6. The third-order valence-electron chi connectivity index (χ3n) is 6.65. The Morgan fingerprint density at radius 1 is 0.889 bits per heavy atom. The SMILES string of the molecule is Cc1ccccc1S(=O)(=O)N1CCC(C2CCN(C(=O)C3CC3)CC2)CC1. The largest absolute Gasteiger partial charge is 0.342 e. The van der Waals surface area contributed by atoms with Gasteiger partial charge >= 0.3 is 0 Å². The second-order valence-corrected chi connectivity index (χ2v) is 10.4. The second-order valence-electron chi connectivity index (χ2n) is 8.44. The van der Waals surface area contributed by atoms with E-state index in [1.807, 2.05) is 19.1 Å². The Bertz CT molecular complexity index is 787. The molecule has 27 heavy (non-hydrogen) atoms. The van der Waals surface area contributed by atoms with Gasteiger partial charge in [-0.25, -0.2) is 8.42 Å². The van der Waals surface area contributed by atoms with E-state index in [0.717, 1.165) is 57.2 Å². The smallest absolute Gasteiger partial charge is 0.243 e. The van der Waals surface area contributed by atoms with Crippen LogP contribution in [0.3, 0.4) is 0 Å². The van der Waals surface area contributed by atoms with Gasteiger partial charge in [0.25, 0.3) is 0 Å². The maximum absolute atomic E-state index is 13.0. The molecular formula is C21H30N2O3S. The number of amides is 1. The molecule has 2 saturated heterocycles. The van der Waals surface area contributed by atoms with Crippen LogP contribution >= 0.6 is 0 Å². The molecule has 0 aromatic heterocycles. The Balaban J connectivity index is 1.32. The minimum absolute atomic E-state index is 0.316. The first-order valence-corrected chi connectivity index (χ1v) is 11.8. The zero-order chi connectivity index (χ0) is 19.0. The average Bonchev–Trinajstić information content (AvgIpc) is 3.53. The van der Waals surface area contributed by atoms with Gasteiger partial charge < -0.3 is 4.90 Å². The number of benzene rings is 1. The fraction of sp³-hybridized carbons (Fsp3) is 0.667. The van der Waals surface area contributed by atoms with E-state index in [4.69, 9.17) is 0 Å². The van der Waals surface area contributed by atoms with Crippen molar-refractivity contribution < 1.29 is 13.2 Å². The molecule has 1 aromatic carbocycles. The first-order valence-electron chi connectivity index (χ1n) is 10.3. The summed E-state index contributed by atoms with van der Waals surface area (Å²) in [7, 11) is -3.39. The highest BCUT2D eigenvalue weighted by molar-refractivity contribution is 7.89. The van der Waals surface area contributed by atoms with Gasteiger partial charge in [0.05, 0.1) is 4.90 Å². The van der Waals surface area contributed by atoms with Crippen LogP contribution < -0.4 is 0 Å². The second kappa shape index (κ2) is 7.55. The van der Waals surface area contributed by atoms with Crippen molar-refractivity contribution in [1.29, 1.82) is 0 Å². The van der Waals surface area contributed by atoms with Crippen LogP contribution in [0.1, 0.15) is 44.1 Å². The Kier molecular flexibility index (Phi) is 5.30. The van der Waals surface area contributed by atoms with Crippen LogP contribution in [-0.2, 0) is 14.8 Å². The zero-order valence-electron chi connectivity index (χ0n) is 16.1. The lowest BCUT2D eigenvalue weighted by Gasteiger charge is -2.40. The third-order valence-corrected chi connectivity index (χ3v) is 8.71. The van der Waals surface area contributed by atoms with Gasteiger partial charge in [-0.3, -0.25) is 4.79 Å². The van der Waals surface area contributed by atoms with Crippen molar-refractivity contribution in [2.75, 3.05) is 26.2 Å². The van der Waals surface area contributed by atoms with Crippen LogP contribution in [0.2, 0.25) is 0 Å². The molecule has 2 aliphatic heterocycles. The predicted molar refractivity (Wildman–Crippen MR) is 105 cm³/mol. The molecule has 6 heteroatoms. The molecule has 1 aliphatic carbocycles. The summed E-state index contributed by atoms with van der Waals surface area (Å²) in [5, 5.41) is 0. The summed E-state index contributed by atoms with van der Waals surface area (Å²) in [4.78, 5) is 14.7. The van der Waals surface area contributed by atoms with Crippen molar-refractivity contribution in [3.63, 3.8) is 0 Å². The number of aryl methyl sites for hydroxylation is 1. The minimum Gasteiger partial charge on any atom is -0.342 e. The molecule has 0 unspecified atom stereocenters. The molecular weight excluding hydrogens is 360 g/mol. The van der Waals surface area contributed by atoms with Crippen LogP contribution in [0.25, 0.3) is 0 Å². The van der Waals surface area contributed by atoms with Gasteiger partial charge in [0.1, 0.15) is 0 Å². The normalized spacial score (nSPS) is 23.5. The molecule has 0 radical (unpaired) electrons. The Morgan fingerprint density at radius 2 is 1.44 bits per heavy atom. The number of rotatable bonds is 4. The van der Waals surface area contributed by atoms with Gasteiger partial charge in [-0.1, -0.05) is 18.2 Å². The van der Waals surface area contributed by atoms with Gasteiger partial charge in [0.2, 0.25) is 15.9 Å². The lowest BCUT2D eigenvalue weighted by atomic mass is 9.79. The van der Waals surface area contributed by atoms with E-state index in [9.17, 15) is 13.2 Å². The first-order chi connectivity index (χ1) is 13.0. The van der Waals surface area contributed by atoms with E-state index in [1.165, 1.54) is 0 Å². The fourth-order valence-corrected chi connectivity index (χ4v) is 6.45. The van der Waals surface area contributed by atoms with Crippen molar-refractivity contribution in [3.8, 4) is 0 Å². The molecule has 2 heterocycles. The average molecular weight is 391 g/mol. The van der Waals surface area contributed by atoms with E-state index in [2.05, 4.69) is 4.90 Å². The maximum Gasteiger partial charge on any atom is 0.243 e. The topological polar surface area (TPSA) is 57.7 Å². The maximum atomic E-state index is 13.0. The number of piperidine rings is 2. The number of likely N-dealkylation sites (tertiary alicyclic amines) is 1. The van der Waals surface area contributed by atoms with E-state index in [1.54, 1.807) is 16.4 Å². The van der Waals surface area contributed by atoms with Crippen LogP contribution in [0.4, 0.5) is 0 Å². The predicted octanol–water partition coefficient (Wildman–Crippen LogP) is 3.04. The van der Waals surface area contributed by atoms with Crippen LogP contribution in [0, 0.1) is 24.7 Å². The van der Waals surface area contributed by atoms with Gasteiger partial charge in [0, 0.05) is 32.1 Å². The third kappa shape index (κ3) is 3.92. The Hall–Kier alpha value is -1.40. The summed E-state index contributed by atoms with van der Waals surface area (Å²) in [5.74, 6) is 1.91. The highest BCUT2D eigenvalue weighted by atomic mass is 32.2.